The van der Waals surface area contributed by atoms with Gasteiger partial charge in [0.2, 0.25) is 0 Å². The molecule has 0 amide bonds. The fourth-order valence-electron chi connectivity index (χ4n) is 2.84. The first-order chi connectivity index (χ1) is 9.70. The van der Waals surface area contributed by atoms with Crippen molar-refractivity contribution >= 4 is 0 Å². The van der Waals surface area contributed by atoms with Gasteiger partial charge in [-0.3, -0.25) is 4.68 Å². The summed E-state index contributed by atoms with van der Waals surface area (Å²) in [5, 5.41) is 0. The van der Waals surface area contributed by atoms with Crippen LogP contribution in [-0.4, -0.2) is 9.66 Å². The maximum Gasteiger partial charge on any atom is 0.127 e. The van der Waals surface area contributed by atoms with Crippen LogP contribution < -0.4 is 5.84 Å². The Kier molecular flexibility index (Phi) is 8.40. The number of nitrogens with zero attached hydrogens (tertiary/aromatic N) is 2. The standard InChI is InChI=1S/C17H33N3/c1-4-6-7-8-9-10-11-12-13-14-17-19-15(3)16(5-2)20(17)18/h4-14,18H2,1-3H3. The average Bonchev–Trinajstić information content (AvgIpc) is 2.71. The highest BCUT2D eigenvalue weighted by Crippen LogP contribution is 2.13. The molecule has 1 aromatic heterocycles. The smallest absolute Gasteiger partial charge is 0.127 e. The van der Waals surface area contributed by atoms with Gasteiger partial charge in [-0.1, -0.05) is 65.2 Å². The molecule has 2 N–H and O–H groups in total. The van der Waals surface area contributed by atoms with Gasteiger partial charge < -0.3 is 5.84 Å². The molecule has 0 saturated carbocycles. The number of aryl methyl sites for hydroxylation is 2. The highest BCUT2D eigenvalue weighted by atomic mass is 15.3. The summed E-state index contributed by atoms with van der Waals surface area (Å²) in [6, 6.07) is 0. The molecule has 1 aromatic rings. The molecule has 0 radical (unpaired) electrons. The van der Waals surface area contributed by atoms with Gasteiger partial charge in [0.25, 0.3) is 0 Å². The van der Waals surface area contributed by atoms with Crippen LogP contribution in [0.25, 0.3) is 0 Å². The Balaban J connectivity index is 2.10. The van der Waals surface area contributed by atoms with Crippen molar-refractivity contribution < 1.29 is 0 Å². The zero-order valence-electron chi connectivity index (χ0n) is 13.7. The van der Waals surface area contributed by atoms with Gasteiger partial charge >= 0.3 is 0 Å². The van der Waals surface area contributed by atoms with Crippen LogP contribution in [-0.2, 0) is 12.8 Å². The number of hydrogen-bond donors (Lipinski definition) is 1. The fourth-order valence-corrected chi connectivity index (χ4v) is 2.84. The first-order valence-corrected chi connectivity index (χ1v) is 8.52. The first kappa shape index (κ1) is 17.1. The van der Waals surface area contributed by atoms with E-state index in [9.17, 15) is 0 Å². The molecule has 116 valence electrons. The summed E-state index contributed by atoms with van der Waals surface area (Å²) in [4.78, 5) is 4.59. The van der Waals surface area contributed by atoms with Crippen molar-refractivity contribution in [2.75, 3.05) is 5.84 Å². The highest BCUT2D eigenvalue weighted by Gasteiger charge is 2.09. The van der Waals surface area contributed by atoms with Gasteiger partial charge in [-0.25, -0.2) is 4.98 Å². The Hall–Kier alpha value is -0.990. The van der Waals surface area contributed by atoms with Crippen LogP contribution in [0.3, 0.4) is 0 Å². The molecular weight excluding hydrogens is 246 g/mol. The lowest BCUT2D eigenvalue weighted by Gasteiger charge is -2.05. The molecule has 0 aliphatic rings. The third kappa shape index (κ3) is 5.56. The normalized spacial score (nSPS) is 11.2. The molecule has 0 fully saturated rings. The van der Waals surface area contributed by atoms with Crippen LogP contribution in [0, 0.1) is 6.92 Å². The molecule has 0 spiro atoms. The van der Waals surface area contributed by atoms with Gasteiger partial charge in [-0.2, -0.15) is 0 Å². The van der Waals surface area contributed by atoms with Gasteiger partial charge in [0, 0.05) is 6.42 Å². The number of nitrogen functional groups attached to an aromatic ring is 1. The molecule has 3 heteroatoms. The lowest BCUT2D eigenvalue weighted by atomic mass is 10.1. The SMILES string of the molecule is CCCCCCCCCCCc1nc(C)c(CC)n1N. The van der Waals surface area contributed by atoms with Crippen LogP contribution >= 0.6 is 0 Å². The second-order valence-electron chi connectivity index (χ2n) is 5.86. The van der Waals surface area contributed by atoms with E-state index in [0.29, 0.717) is 0 Å². The van der Waals surface area contributed by atoms with Gasteiger partial charge in [-0.15, -0.1) is 0 Å². The molecule has 1 rings (SSSR count). The van der Waals surface area contributed by atoms with Crippen molar-refractivity contribution in [2.45, 2.75) is 91.4 Å². The molecule has 3 nitrogen and oxygen atoms in total. The Bertz CT molecular complexity index is 369. The lowest BCUT2D eigenvalue weighted by molar-refractivity contribution is 0.560. The van der Waals surface area contributed by atoms with Gasteiger partial charge in [0.05, 0.1) is 11.4 Å². The molecule has 20 heavy (non-hydrogen) atoms. The highest BCUT2D eigenvalue weighted by molar-refractivity contribution is 5.16. The van der Waals surface area contributed by atoms with Crippen molar-refractivity contribution in [1.29, 1.82) is 0 Å². The topological polar surface area (TPSA) is 43.8 Å². The zero-order valence-corrected chi connectivity index (χ0v) is 13.7. The Morgan fingerprint density at radius 3 is 1.95 bits per heavy atom. The third-order valence-corrected chi connectivity index (χ3v) is 4.12. The third-order valence-electron chi connectivity index (χ3n) is 4.12. The van der Waals surface area contributed by atoms with E-state index in [1.807, 2.05) is 0 Å². The molecule has 0 saturated heterocycles. The summed E-state index contributed by atoms with van der Waals surface area (Å²) in [6.45, 7) is 6.46. The predicted molar refractivity (Wildman–Crippen MR) is 87.4 cm³/mol. The quantitative estimate of drug-likeness (QED) is 0.477. The van der Waals surface area contributed by atoms with Crippen LogP contribution in [0.5, 0.6) is 0 Å². The van der Waals surface area contributed by atoms with E-state index in [-0.39, 0.29) is 0 Å². The van der Waals surface area contributed by atoms with Crippen LogP contribution in [0.4, 0.5) is 0 Å². The summed E-state index contributed by atoms with van der Waals surface area (Å²) in [5.41, 5.74) is 2.27. The van der Waals surface area contributed by atoms with Crippen molar-refractivity contribution in [3.8, 4) is 0 Å². The molecule has 1 heterocycles. The van der Waals surface area contributed by atoms with E-state index < -0.39 is 0 Å². The van der Waals surface area contributed by atoms with Crippen molar-refractivity contribution in [1.82, 2.24) is 9.66 Å². The average molecular weight is 279 g/mol. The largest absolute Gasteiger partial charge is 0.338 e. The Morgan fingerprint density at radius 2 is 1.45 bits per heavy atom. The number of imidazole rings is 1. The van der Waals surface area contributed by atoms with E-state index in [1.54, 1.807) is 4.68 Å². The predicted octanol–water partition coefficient (Wildman–Crippen LogP) is 4.54. The monoisotopic (exact) mass is 279 g/mol. The van der Waals surface area contributed by atoms with E-state index >= 15 is 0 Å². The first-order valence-electron chi connectivity index (χ1n) is 8.52. The van der Waals surface area contributed by atoms with E-state index in [4.69, 9.17) is 5.84 Å². The summed E-state index contributed by atoms with van der Waals surface area (Å²) >= 11 is 0. The van der Waals surface area contributed by atoms with E-state index in [0.717, 1.165) is 24.4 Å². The van der Waals surface area contributed by atoms with E-state index in [2.05, 4.69) is 25.8 Å². The second kappa shape index (κ2) is 9.84. The summed E-state index contributed by atoms with van der Waals surface area (Å²) < 4.78 is 1.81. The molecule has 0 aliphatic heterocycles. The van der Waals surface area contributed by atoms with Crippen molar-refractivity contribution in [3.05, 3.63) is 17.2 Å². The molecular formula is C17H33N3. The summed E-state index contributed by atoms with van der Waals surface area (Å²) in [6.07, 6.45) is 14.2. The van der Waals surface area contributed by atoms with Crippen LogP contribution in [0.1, 0.15) is 88.8 Å². The number of hydrogen-bond acceptors (Lipinski definition) is 2. The summed E-state index contributed by atoms with van der Waals surface area (Å²) in [5.74, 6) is 7.14. The minimum absolute atomic E-state index is 0.965. The maximum atomic E-state index is 6.08. The van der Waals surface area contributed by atoms with Crippen LogP contribution in [0.2, 0.25) is 0 Å². The molecule has 0 aromatic carbocycles. The fraction of sp³-hybridized carbons (Fsp3) is 0.824. The lowest BCUT2D eigenvalue weighted by Crippen LogP contribution is -2.15. The van der Waals surface area contributed by atoms with Gasteiger partial charge in [-0.05, 0) is 19.8 Å². The van der Waals surface area contributed by atoms with Crippen molar-refractivity contribution in [3.63, 3.8) is 0 Å². The number of rotatable bonds is 11. The zero-order chi connectivity index (χ0) is 14.8. The molecule has 0 atom stereocenters. The van der Waals surface area contributed by atoms with Gasteiger partial charge in [0.15, 0.2) is 0 Å². The number of unbranched alkanes of at least 4 members (excludes halogenated alkanes) is 8. The summed E-state index contributed by atoms with van der Waals surface area (Å²) in [7, 11) is 0. The minimum Gasteiger partial charge on any atom is -0.338 e. The van der Waals surface area contributed by atoms with Crippen molar-refractivity contribution in [2.24, 2.45) is 0 Å². The molecule has 0 unspecified atom stereocenters. The second-order valence-corrected chi connectivity index (χ2v) is 5.86. The van der Waals surface area contributed by atoms with Gasteiger partial charge in [0.1, 0.15) is 5.82 Å². The Labute approximate surface area is 124 Å². The Morgan fingerprint density at radius 1 is 0.900 bits per heavy atom. The van der Waals surface area contributed by atoms with E-state index in [1.165, 1.54) is 63.5 Å². The molecule has 0 aliphatic carbocycles. The molecule has 0 bridgehead atoms. The van der Waals surface area contributed by atoms with Crippen LogP contribution in [0.15, 0.2) is 0 Å². The number of aromatic nitrogens is 2. The maximum absolute atomic E-state index is 6.08. The number of nitrogens with two attached hydrogens (primary N) is 1. The minimum atomic E-state index is 0.965.